The fraction of sp³-hybridized carbons (Fsp3) is 0.455. The second-order valence-corrected chi connectivity index (χ2v) is 3.76. The van der Waals surface area contributed by atoms with Gasteiger partial charge in [0.05, 0.1) is 12.2 Å². The van der Waals surface area contributed by atoms with E-state index in [1.807, 2.05) is 45.0 Å². The minimum Gasteiger partial charge on any atom is -0.371 e. The van der Waals surface area contributed by atoms with E-state index in [1.165, 1.54) is 0 Å². The zero-order chi connectivity index (χ0) is 9.84. The largest absolute Gasteiger partial charge is 0.371 e. The molecule has 1 aromatic carbocycles. The van der Waals surface area contributed by atoms with Gasteiger partial charge in [0.1, 0.15) is 0 Å². The normalized spacial score (nSPS) is 13.3. The van der Waals surface area contributed by atoms with Crippen LogP contribution in [-0.2, 0) is 4.74 Å². The molecule has 2 heteroatoms. The molecule has 0 saturated carbocycles. The summed E-state index contributed by atoms with van der Waals surface area (Å²) < 4.78 is 5.63. The summed E-state index contributed by atoms with van der Waals surface area (Å²) in [5.74, 6) is 0. The highest BCUT2D eigenvalue weighted by Gasteiger charge is 2.10. The molecule has 0 unspecified atom stereocenters. The summed E-state index contributed by atoms with van der Waals surface area (Å²) in [7, 11) is 0. The minimum atomic E-state index is 0.0636. The van der Waals surface area contributed by atoms with E-state index in [0.717, 1.165) is 10.6 Å². The van der Waals surface area contributed by atoms with E-state index in [-0.39, 0.29) is 12.2 Å². The van der Waals surface area contributed by atoms with Crippen molar-refractivity contribution < 1.29 is 4.74 Å². The topological polar surface area (TPSA) is 9.23 Å². The molecule has 0 saturated heterocycles. The number of hydrogen-bond acceptors (Lipinski definition) is 1. The standard InChI is InChI=1S/C11H15ClO/c1-8(2)13-9(3)10-6-4-5-7-11(10)12/h4-9H,1-3H3/t9-/m1/s1. The van der Waals surface area contributed by atoms with Crippen LogP contribution in [0.2, 0.25) is 5.02 Å². The predicted octanol–water partition coefficient (Wildman–Crippen LogP) is 3.83. The maximum atomic E-state index is 6.02. The Bertz CT molecular complexity index is 271. The molecule has 1 aromatic rings. The summed E-state index contributed by atoms with van der Waals surface area (Å²) in [6.45, 7) is 6.06. The molecule has 0 heterocycles. The van der Waals surface area contributed by atoms with Crippen LogP contribution < -0.4 is 0 Å². The van der Waals surface area contributed by atoms with Gasteiger partial charge in [-0.2, -0.15) is 0 Å². The van der Waals surface area contributed by atoms with Crippen molar-refractivity contribution in [2.45, 2.75) is 33.0 Å². The quantitative estimate of drug-likeness (QED) is 0.718. The van der Waals surface area contributed by atoms with Crippen molar-refractivity contribution in [3.8, 4) is 0 Å². The summed E-state index contributed by atoms with van der Waals surface area (Å²) in [6, 6.07) is 7.78. The lowest BCUT2D eigenvalue weighted by molar-refractivity contribution is 0.0179. The van der Waals surface area contributed by atoms with E-state index in [4.69, 9.17) is 16.3 Å². The first-order chi connectivity index (χ1) is 6.11. The number of benzene rings is 1. The third-order valence-corrected chi connectivity index (χ3v) is 2.16. The van der Waals surface area contributed by atoms with Gasteiger partial charge >= 0.3 is 0 Å². The van der Waals surface area contributed by atoms with Gasteiger partial charge in [-0.05, 0) is 32.4 Å². The monoisotopic (exact) mass is 198 g/mol. The molecule has 0 N–H and O–H groups in total. The first-order valence-corrected chi connectivity index (χ1v) is 4.89. The Hall–Kier alpha value is -0.530. The average Bonchev–Trinajstić information content (AvgIpc) is 2.03. The molecular weight excluding hydrogens is 184 g/mol. The zero-order valence-electron chi connectivity index (χ0n) is 8.25. The van der Waals surface area contributed by atoms with Crippen molar-refractivity contribution in [2.24, 2.45) is 0 Å². The van der Waals surface area contributed by atoms with E-state index in [9.17, 15) is 0 Å². The lowest BCUT2D eigenvalue weighted by Crippen LogP contribution is -2.07. The Labute approximate surface area is 84.7 Å². The van der Waals surface area contributed by atoms with Crippen LogP contribution in [0.25, 0.3) is 0 Å². The van der Waals surface area contributed by atoms with Crippen LogP contribution in [0.1, 0.15) is 32.4 Å². The van der Waals surface area contributed by atoms with Crippen LogP contribution in [0, 0.1) is 0 Å². The summed E-state index contributed by atoms with van der Waals surface area (Å²) in [4.78, 5) is 0. The highest BCUT2D eigenvalue weighted by molar-refractivity contribution is 6.31. The van der Waals surface area contributed by atoms with Gasteiger partial charge in [0.2, 0.25) is 0 Å². The van der Waals surface area contributed by atoms with Crippen LogP contribution in [0.15, 0.2) is 24.3 Å². The Morgan fingerprint density at radius 1 is 1.15 bits per heavy atom. The van der Waals surface area contributed by atoms with Crippen LogP contribution in [-0.4, -0.2) is 6.10 Å². The van der Waals surface area contributed by atoms with Gasteiger partial charge in [-0.3, -0.25) is 0 Å². The smallest absolute Gasteiger partial charge is 0.0814 e. The summed E-state index contributed by atoms with van der Waals surface area (Å²) >= 11 is 6.02. The summed E-state index contributed by atoms with van der Waals surface area (Å²) in [6.07, 6.45) is 0.292. The summed E-state index contributed by atoms with van der Waals surface area (Å²) in [5, 5.41) is 0.774. The first kappa shape index (κ1) is 10.6. The highest BCUT2D eigenvalue weighted by atomic mass is 35.5. The van der Waals surface area contributed by atoms with Crippen molar-refractivity contribution in [1.29, 1.82) is 0 Å². The molecule has 0 aliphatic rings. The fourth-order valence-electron chi connectivity index (χ4n) is 1.29. The van der Waals surface area contributed by atoms with Gasteiger partial charge in [-0.25, -0.2) is 0 Å². The van der Waals surface area contributed by atoms with Crippen LogP contribution in [0.5, 0.6) is 0 Å². The Morgan fingerprint density at radius 2 is 1.77 bits per heavy atom. The molecule has 72 valence electrons. The number of halogens is 1. The molecule has 0 fully saturated rings. The Balaban J connectivity index is 2.76. The van der Waals surface area contributed by atoms with E-state index in [2.05, 4.69) is 0 Å². The number of ether oxygens (including phenoxy) is 1. The van der Waals surface area contributed by atoms with Gasteiger partial charge in [0, 0.05) is 5.02 Å². The van der Waals surface area contributed by atoms with E-state index in [1.54, 1.807) is 0 Å². The first-order valence-electron chi connectivity index (χ1n) is 4.51. The Kier molecular flexibility index (Phi) is 3.76. The lowest BCUT2D eigenvalue weighted by atomic mass is 10.1. The molecule has 0 bridgehead atoms. The van der Waals surface area contributed by atoms with Gasteiger partial charge < -0.3 is 4.74 Å². The lowest BCUT2D eigenvalue weighted by Gasteiger charge is -2.17. The molecule has 0 aliphatic carbocycles. The second-order valence-electron chi connectivity index (χ2n) is 3.35. The average molecular weight is 199 g/mol. The van der Waals surface area contributed by atoms with Gasteiger partial charge in [0.15, 0.2) is 0 Å². The minimum absolute atomic E-state index is 0.0636. The van der Waals surface area contributed by atoms with Gasteiger partial charge in [-0.15, -0.1) is 0 Å². The molecule has 1 rings (SSSR count). The molecule has 0 radical (unpaired) electrons. The number of hydrogen-bond donors (Lipinski definition) is 0. The second kappa shape index (κ2) is 4.64. The van der Waals surface area contributed by atoms with E-state index >= 15 is 0 Å². The van der Waals surface area contributed by atoms with Crippen LogP contribution in [0.4, 0.5) is 0 Å². The van der Waals surface area contributed by atoms with Crippen molar-refractivity contribution >= 4 is 11.6 Å². The van der Waals surface area contributed by atoms with Crippen molar-refractivity contribution in [1.82, 2.24) is 0 Å². The molecule has 13 heavy (non-hydrogen) atoms. The van der Waals surface area contributed by atoms with Gasteiger partial charge in [-0.1, -0.05) is 29.8 Å². The zero-order valence-corrected chi connectivity index (χ0v) is 9.01. The fourth-order valence-corrected chi connectivity index (χ4v) is 1.58. The van der Waals surface area contributed by atoms with Gasteiger partial charge in [0.25, 0.3) is 0 Å². The third kappa shape index (κ3) is 3.02. The van der Waals surface area contributed by atoms with Crippen molar-refractivity contribution in [3.05, 3.63) is 34.9 Å². The molecule has 0 aliphatic heterocycles. The van der Waals surface area contributed by atoms with Crippen molar-refractivity contribution in [3.63, 3.8) is 0 Å². The predicted molar refractivity (Wildman–Crippen MR) is 56.1 cm³/mol. The maximum absolute atomic E-state index is 6.02. The summed E-state index contributed by atoms with van der Waals surface area (Å²) in [5.41, 5.74) is 1.05. The van der Waals surface area contributed by atoms with Crippen LogP contribution in [0.3, 0.4) is 0 Å². The third-order valence-electron chi connectivity index (χ3n) is 1.82. The maximum Gasteiger partial charge on any atom is 0.0814 e. The highest BCUT2D eigenvalue weighted by Crippen LogP contribution is 2.25. The molecule has 0 spiro atoms. The molecule has 0 aromatic heterocycles. The molecule has 1 nitrogen and oxygen atoms in total. The number of rotatable bonds is 3. The SMILES string of the molecule is CC(C)O[C@H](C)c1ccccc1Cl. The van der Waals surface area contributed by atoms with Crippen molar-refractivity contribution in [2.75, 3.05) is 0 Å². The Morgan fingerprint density at radius 3 is 2.31 bits per heavy atom. The molecule has 1 atom stereocenters. The molecular formula is C11H15ClO. The van der Waals surface area contributed by atoms with E-state index < -0.39 is 0 Å². The van der Waals surface area contributed by atoms with E-state index in [0.29, 0.717) is 0 Å². The molecule has 0 amide bonds. The van der Waals surface area contributed by atoms with Crippen LogP contribution >= 0.6 is 11.6 Å².